The molecule has 0 aromatic rings. The van der Waals surface area contributed by atoms with Crippen LogP contribution in [0.1, 0.15) is 71.6 Å². The van der Waals surface area contributed by atoms with Crippen molar-refractivity contribution in [2.45, 2.75) is 77.7 Å². The third-order valence-electron chi connectivity index (χ3n) is 3.54. The zero-order valence-electron chi connectivity index (χ0n) is 14.9. The van der Waals surface area contributed by atoms with Gasteiger partial charge in [0.1, 0.15) is 0 Å². The summed E-state index contributed by atoms with van der Waals surface area (Å²) in [5.41, 5.74) is 0. The molecule has 23 heavy (non-hydrogen) atoms. The zero-order chi connectivity index (χ0) is 17.2. The number of carbonyl (C=O) groups is 1. The zero-order valence-corrected chi connectivity index (χ0v) is 14.9. The van der Waals surface area contributed by atoms with Crippen LogP contribution >= 0.6 is 0 Å². The molecule has 1 unspecified atom stereocenters. The van der Waals surface area contributed by atoms with Gasteiger partial charge < -0.3 is 5.11 Å². The largest absolute Gasteiger partial charge is 0.393 e. The minimum Gasteiger partial charge on any atom is -0.393 e. The second-order valence-electron chi connectivity index (χ2n) is 5.82. The normalized spacial score (nSPS) is 13.9. The van der Waals surface area contributed by atoms with E-state index in [0.29, 0.717) is 0 Å². The van der Waals surface area contributed by atoms with Crippen molar-refractivity contribution < 1.29 is 9.90 Å². The molecule has 0 saturated heterocycles. The molecule has 130 valence electrons. The molecule has 0 radical (unpaired) electrons. The van der Waals surface area contributed by atoms with E-state index in [4.69, 9.17) is 0 Å². The van der Waals surface area contributed by atoms with Crippen molar-refractivity contribution in [3.05, 3.63) is 48.6 Å². The molecule has 0 rings (SSSR count). The number of hydrogen-bond donors (Lipinski definition) is 1. The number of ketones is 1. The van der Waals surface area contributed by atoms with Gasteiger partial charge in [-0.05, 0) is 38.7 Å². The summed E-state index contributed by atoms with van der Waals surface area (Å²) >= 11 is 0. The van der Waals surface area contributed by atoms with Crippen LogP contribution in [0, 0.1) is 0 Å². The lowest BCUT2D eigenvalue weighted by atomic mass is 10.0. The lowest BCUT2D eigenvalue weighted by molar-refractivity contribution is -0.116. The van der Waals surface area contributed by atoms with Crippen LogP contribution < -0.4 is 0 Å². The van der Waals surface area contributed by atoms with Crippen molar-refractivity contribution in [3.8, 4) is 0 Å². The highest BCUT2D eigenvalue weighted by Crippen LogP contribution is 2.11. The van der Waals surface area contributed by atoms with Crippen LogP contribution in [0.2, 0.25) is 0 Å². The number of aliphatic hydroxyl groups is 1. The molecule has 0 aromatic carbocycles. The smallest absolute Gasteiger partial charge is 0.157 e. The third-order valence-corrected chi connectivity index (χ3v) is 3.54. The molecule has 0 aliphatic carbocycles. The van der Waals surface area contributed by atoms with Gasteiger partial charge in [-0.1, -0.05) is 75.1 Å². The summed E-state index contributed by atoms with van der Waals surface area (Å²) in [5, 5.41) is 9.75. The van der Waals surface area contributed by atoms with Gasteiger partial charge in [0.05, 0.1) is 6.10 Å². The minimum absolute atomic E-state index is 0.0195. The van der Waals surface area contributed by atoms with E-state index in [1.165, 1.54) is 25.3 Å². The van der Waals surface area contributed by atoms with Gasteiger partial charge in [-0.15, -0.1) is 0 Å². The predicted octanol–water partition coefficient (Wildman–Crippen LogP) is 5.69. The highest BCUT2D eigenvalue weighted by Gasteiger charge is 2.07. The van der Waals surface area contributed by atoms with Crippen molar-refractivity contribution in [3.63, 3.8) is 0 Å². The Bertz CT molecular complexity index is 389. The number of aliphatic hydroxyl groups excluding tert-OH is 1. The van der Waals surface area contributed by atoms with E-state index in [0.717, 1.165) is 32.1 Å². The first-order chi connectivity index (χ1) is 11.2. The van der Waals surface area contributed by atoms with E-state index >= 15 is 0 Å². The predicted molar refractivity (Wildman–Crippen MR) is 100 cm³/mol. The first-order valence-electron chi connectivity index (χ1n) is 9.02. The number of carbonyl (C=O) groups excluding carboxylic acids is 1. The SMILES string of the molecule is C/C=C/C(=O)CC(O)CCCCCCC\C=C/C=C\C=C\CC. The van der Waals surface area contributed by atoms with Crippen LogP contribution in [0.3, 0.4) is 0 Å². The van der Waals surface area contributed by atoms with Crippen LogP contribution in [-0.4, -0.2) is 17.0 Å². The second-order valence-corrected chi connectivity index (χ2v) is 5.82. The summed E-state index contributed by atoms with van der Waals surface area (Å²) in [7, 11) is 0. The van der Waals surface area contributed by atoms with Gasteiger partial charge in [-0.25, -0.2) is 0 Å². The highest BCUT2D eigenvalue weighted by molar-refractivity contribution is 5.89. The topological polar surface area (TPSA) is 37.3 Å². The quantitative estimate of drug-likeness (QED) is 0.254. The maximum Gasteiger partial charge on any atom is 0.157 e. The van der Waals surface area contributed by atoms with E-state index in [2.05, 4.69) is 43.4 Å². The number of allylic oxidation sites excluding steroid dienone is 8. The fourth-order valence-corrected chi connectivity index (χ4v) is 2.28. The molecule has 0 aliphatic heterocycles. The first-order valence-corrected chi connectivity index (χ1v) is 9.02. The lowest BCUT2D eigenvalue weighted by Gasteiger charge is -2.08. The van der Waals surface area contributed by atoms with Gasteiger partial charge in [0, 0.05) is 6.42 Å². The highest BCUT2D eigenvalue weighted by atomic mass is 16.3. The van der Waals surface area contributed by atoms with Crippen LogP contribution in [-0.2, 0) is 4.79 Å². The third kappa shape index (κ3) is 16.8. The molecule has 1 atom stereocenters. The average Bonchev–Trinajstić information content (AvgIpc) is 2.52. The number of rotatable bonds is 14. The van der Waals surface area contributed by atoms with Crippen molar-refractivity contribution in [1.29, 1.82) is 0 Å². The van der Waals surface area contributed by atoms with Crippen molar-refractivity contribution in [2.75, 3.05) is 0 Å². The van der Waals surface area contributed by atoms with Crippen molar-refractivity contribution >= 4 is 5.78 Å². The first kappa shape index (κ1) is 21.6. The Labute approximate surface area is 142 Å². The van der Waals surface area contributed by atoms with Crippen LogP contribution in [0.5, 0.6) is 0 Å². The van der Waals surface area contributed by atoms with E-state index in [9.17, 15) is 9.90 Å². The fraction of sp³-hybridized carbons (Fsp3) is 0.571. The molecule has 2 heteroatoms. The van der Waals surface area contributed by atoms with Gasteiger partial charge in [0.2, 0.25) is 0 Å². The monoisotopic (exact) mass is 318 g/mol. The van der Waals surface area contributed by atoms with E-state index < -0.39 is 6.10 Å². The molecule has 2 nitrogen and oxygen atoms in total. The maximum absolute atomic E-state index is 11.3. The van der Waals surface area contributed by atoms with Crippen molar-refractivity contribution in [1.82, 2.24) is 0 Å². The molecule has 0 aromatic heterocycles. The van der Waals surface area contributed by atoms with E-state index in [1.807, 2.05) is 6.92 Å². The Morgan fingerprint density at radius 2 is 1.61 bits per heavy atom. The fourth-order valence-electron chi connectivity index (χ4n) is 2.28. The summed E-state index contributed by atoms with van der Waals surface area (Å²) in [4.78, 5) is 11.3. The molecule has 0 aliphatic rings. The van der Waals surface area contributed by atoms with Gasteiger partial charge in [-0.3, -0.25) is 4.79 Å². The molecule has 0 fully saturated rings. The summed E-state index contributed by atoms with van der Waals surface area (Å²) in [6.07, 6.45) is 24.5. The molecule has 0 spiro atoms. The van der Waals surface area contributed by atoms with E-state index in [1.54, 1.807) is 6.08 Å². The molecule has 0 heterocycles. The van der Waals surface area contributed by atoms with Crippen LogP contribution in [0.4, 0.5) is 0 Å². The Balaban J connectivity index is 3.42. The lowest BCUT2D eigenvalue weighted by Crippen LogP contribution is -2.11. The number of hydrogen-bond acceptors (Lipinski definition) is 2. The van der Waals surface area contributed by atoms with Gasteiger partial charge in [-0.2, -0.15) is 0 Å². The average molecular weight is 319 g/mol. The van der Waals surface area contributed by atoms with E-state index in [-0.39, 0.29) is 12.2 Å². The Kier molecular flexibility index (Phi) is 15.9. The molecular weight excluding hydrogens is 284 g/mol. The van der Waals surface area contributed by atoms with Crippen LogP contribution in [0.15, 0.2) is 48.6 Å². The molecule has 0 saturated carbocycles. The molecule has 0 amide bonds. The summed E-state index contributed by atoms with van der Waals surface area (Å²) < 4.78 is 0. The Morgan fingerprint density at radius 3 is 2.30 bits per heavy atom. The summed E-state index contributed by atoms with van der Waals surface area (Å²) in [6, 6.07) is 0. The Hall–Kier alpha value is -1.41. The molecule has 0 bridgehead atoms. The van der Waals surface area contributed by atoms with Crippen molar-refractivity contribution in [2.24, 2.45) is 0 Å². The molecular formula is C21H34O2. The van der Waals surface area contributed by atoms with Gasteiger partial charge in [0.15, 0.2) is 5.78 Å². The van der Waals surface area contributed by atoms with Gasteiger partial charge in [0.25, 0.3) is 0 Å². The second kappa shape index (κ2) is 17.0. The molecule has 1 N–H and O–H groups in total. The maximum atomic E-state index is 11.3. The summed E-state index contributed by atoms with van der Waals surface area (Å²) in [5.74, 6) is 0.0195. The van der Waals surface area contributed by atoms with Gasteiger partial charge >= 0.3 is 0 Å². The Morgan fingerprint density at radius 1 is 0.957 bits per heavy atom. The minimum atomic E-state index is -0.477. The standard InChI is InChI=1S/C21H34O2/c1-3-5-6-7-8-9-10-11-12-13-14-15-16-18-21(23)19-20(22)17-4-2/h4-10,17,21,23H,3,11-16,18-19H2,1-2H3/b6-5+,8-7-,10-9-,17-4+. The number of unbranched alkanes of at least 4 members (excludes halogenated alkanes) is 5. The summed E-state index contributed by atoms with van der Waals surface area (Å²) in [6.45, 7) is 3.95. The van der Waals surface area contributed by atoms with Crippen LogP contribution in [0.25, 0.3) is 0 Å².